The van der Waals surface area contributed by atoms with Crippen LogP contribution in [-0.2, 0) is 10.2 Å². The van der Waals surface area contributed by atoms with Crippen LogP contribution in [0.3, 0.4) is 0 Å². The Bertz CT molecular complexity index is 333. The molecule has 1 aliphatic heterocycles. The van der Waals surface area contributed by atoms with Crippen molar-refractivity contribution < 1.29 is 8.42 Å². The molecule has 0 spiro atoms. The smallest absolute Gasteiger partial charge is 0.282 e. The van der Waals surface area contributed by atoms with Crippen LogP contribution in [0.15, 0.2) is 0 Å². The highest BCUT2D eigenvalue weighted by Crippen LogP contribution is 2.27. The molecule has 1 saturated heterocycles. The minimum absolute atomic E-state index is 0.184. The Balaban J connectivity index is 2.12. The van der Waals surface area contributed by atoms with Crippen molar-refractivity contribution in [2.24, 2.45) is 5.73 Å². The van der Waals surface area contributed by atoms with E-state index in [1.165, 1.54) is 0 Å². The lowest BCUT2D eigenvalue weighted by Crippen LogP contribution is -2.48. The first-order chi connectivity index (χ1) is 8.16. The molecule has 0 aromatic rings. The van der Waals surface area contributed by atoms with Crippen LogP contribution in [0.1, 0.15) is 38.5 Å². The number of hydrogen-bond donors (Lipinski definition) is 1. The molecule has 2 aliphatic rings. The molecule has 1 saturated carbocycles. The summed E-state index contributed by atoms with van der Waals surface area (Å²) in [4.78, 5) is 0. The Morgan fingerprint density at radius 3 is 2.24 bits per heavy atom. The van der Waals surface area contributed by atoms with Gasteiger partial charge in [0.05, 0.1) is 0 Å². The molecule has 2 fully saturated rings. The summed E-state index contributed by atoms with van der Waals surface area (Å²) in [5.41, 5.74) is 5.57. The van der Waals surface area contributed by atoms with Crippen molar-refractivity contribution >= 4 is 10.2 Å². The molecular formula is C11H23N3O2S. The van der Waals surface area contributed by atoms with Gasteiger partial charge < -0.3 is 5.73 Å². The second-order valence-corrected chi connectivity index (χ2v) is 6.83. The summed E-state index contributed by atoms with van der Waals surface area (Å²) in [7, 11) is -3.26. The summed E-state index contributed by atoms with van der Waals surface area (Å²) >= 11 is 0. The maximum Gasteiger partial charge on any atom is 0.282 e. The zero-order chi connectivity index (χ0) is 12.3. The summed E-state index contributed by atoms with van der Waals surface area (Å²) in [5.74, 6) is 0. The molecule has 0 bridgehead atoms. The Morgan fingerprint density at radius 1 is 1.12 bits per heavy atom. The maximum atomic E-state index is 12.5. The number of rotatable bonds is 5. The Hall–Kier alpha value is -0.170. The van der Waals surface area contributed by atoms with E-state index in [1.54, 1.807) is 8.61 Å². The molecule has 1 aliphatic carbocycles. The summed E-state index contributed by atoms with van der Waals surface area (Å²) < 4.78 is 28.3. The summed E-state index contributed by atoms with van der Waals surface area (Å²) in [6.45, 7) is 2.22. The van der Waals surface area contributed by atoms with Crippen molar-refractivity contribution in [1.82, 2.24) is 8.61 Å². The fraction of sp³-hybridized carbons (Fsp3) is 1.00. The van der Waals surface area contributed by atoms with Crippen molar-refractivity contribution in [2.75, 3.05) is 26.2 Å². The van der Waals surface area contributed by atoms with E-state index in [-0.39, 0.29) is 6.04 Å². The molecule has 6 heteroatoms. The molecule has 0 atom stereocenters. The first-order valence-corrected chi connectivity index (χ1v) is 8.03. The zero-order valence-electron chi connectivity index (χ0n) is 10.3. The highest BCUT2D eigenvalue weighted by Gasteiger charge is 2.36. The van der Waals surface area contributed by atoms with Crippen LogP contribution >= 0.6 is 0 Å². The molecule has 5 nitrogen and oxygen atoms in total. The number of nitrogens with zero attached hydrogens (tertiary/aromatic N) is 2. The second kappa shape index (κ2) is 5.65. The number of hydrogen-bond acceptors (Lipinski definition) is 3. The van der Waals surface area contributed by atoms with Crippen molar-refractivity contribution in [1.29, 1.82) is 0 Å². The van der Waals surface area contributed by atoms with Crippen LogP contribution < -0.4 is 5.73 Å². The predicted molar refractivity (Wildman–Crippen MR) is 67.7 cm³/mol. The van der Waals surface area contributed by atoms with Crippen LogP contribution in [-0.4, -0.2) is 49.2 Å². The standard InChI is InChI=1S/C11H23N3O2S/c12-7-10-14(11-5-1-2-6-11)17(15,16)13-8-3-4-9-13/h11H,1-10,12H2. The van der Waals surface area contributed by atoms with Crippen LogP contribution in [0.2, 0.25) is 0 Å². The zero-order valence-corrected chi connectivity index (χ0v) is 11.2. The summed E-state index contributed by atoms with van der Waals surface area (Å²) in [6, 6.07) is 0.184. The third-order valence-electron chi connectivity index (χ3n) is 3.77. The van der Waals surface area contributed by atoms with Crippen molar-refractivity contribution in [3.63, 3.8) is 0 Å². The first-order valence-electron chi connectivity index (χ1n) is 6.63. The first kappa shape index (κ1) is 13.3. The third kappa shape index (κ3) is 2.81. The van der Waals surface area contributed by atoms with Gasteiger partial charge in [-0.2, -0.15) is 17.0 Å². The van der Waals surface area contributed by atoms with Crippen molar-refractivity contribution in [3.05, 3.63) is 0 Å². The van der Waals surface area contributed by atoms with Crippen LogP contribution in [0.25, 0.3) is 0 Å². The van der Waals surface area contributed by atoms with E-state index in [9.17, 15) is 8.42 Å². The van der Waals surface area contributed by atoms with Gasteiger partial charge in [-0.05, 0) is 25.7 Å². The van der Waals surface area contributed by atoms with Gasteiger partial charge in [-0.15, -0.1) is 0 Å². The molecule has 17 heavy (non-hydrogen) atoms. The molecule has 2 rings (SSSR count). The maximum absolute atomic E-state index is 12.5. The summed E-state index contributed by atoms with van der Waals surface area (Å²) in [6.07, 6.45) is 6.24. The lowest BCUT2D eigenvalue weighted by atomic mass is 10.2. The van der Waals surface area contributed by atoms with Crippen LogP contribution in [0.5, 0.6) is 0 Å². The van der Waals surface area contributed by atoms with Gasteiger partial charge in [0.25, 0.3) is 10.2 Å². The highest BCUT2D eigenvalue weighted by atomic mass is 32.2. The highest BCUT2D eigenvalue weighted by molar-refractivity contribution is 7.86. The predicted octanol–water partition coefficient (Wildman–Crippen LogP) is 0.530. The topological polar surface area (TPSA) is 66.6 Å². The van der Waals surface area contributed by atoms with Gasteiger partial charge in [-0.25, -0.2) is 0 Å². The van der Waals surface area contributed by atoms with Crippen molar-refractivity contribution in [3.8, 4) is 0 Å². The second-order valence-electron chi connectivity index (χ2n) is 4.95. The Morgan fingerprint density at radius 2 is 1.71 bits per heavy atom. The SMILES string of the molecule is NCCN(C1CCCC1)S(=O)(=O)N1CCCC1. The van der Waals surface area contributed by atoms with Crippen LogP contribution in [0.4, 0.5) is 0 Å². The minimum atomic E-state index is -3.26. The molecule has 100 valence electrons. The largest absolute Gasteiger partial charge is 0.329 e. The minimum Gasteiger partial charge on any atom is -0.329 e. The van der Waals surface area contributed by atoms with Gasteiger partial charge in [0.1, 0.15) is 0 Å². The van der Waals surface area contributed by atoms with Crippen molar-refractivity contribution in [2.45, 2.75) is 44.6 Å². The van der Waals surface area contributed by atoms with Gasteiger partial charge in [0.15, 0.2) is 0 Å². The molecule has 0 unspecified atom stereocenters. The quantitative estimate of drug-likeness (QED) is 0.785. The molecule has 2 N–H and O–H groups in total. The molecule has 0 aromatic heterocycles. The van der Waals surface area contributed by atoms with Gasteiger partial charge in [0.2, 0.25) is 0 Å². The van der Waals surface area contributed by atoms with Gasteiger partial charge >= 0.3 is 0 Å². The Labute approximate surface area is 104 Å². The average Bonchev–Trinajstić information content (AvgIpc) is 2.97. The average molecular weight is 261 g/mol. The van der Waals surface area contributed by atoms with E-state index >= 15 is 0 Å². The molecule has 1 heterocycles. The lowest BCUT2D eigenvalue weighted by molar-refractivity contribution is 0.299. The fourth-order valence-corrected chi connectivity index (χ4v) is 4.81. The van der Waals surface area contributed by atoms with E-state index in [1.807, 2.05) is 0 Å². The summed E-state index contributed by atoms with van der Waals surface area (Å²) in [5, 5.41) is 0. The van der Waals surface area contributed by atoms with E-state index < -0.39 is 10.2 Å². The van der Waals surface area contributed by atoms with Gasteiger partial charge in [-0.1, -0.05) is 12.8 Å². The molecule has 0 radical (unpaired) electrons. The normalized spacial score (nSPS) is 23.9. The monoisotopic (exact) mass is 261 g/mol. The van der Waals surface area contributed by atoms with Crippen LogP contribution in [0, 0.1) is 0 Å². The molecule has 0 amide bonds. The fourth-order valence-electron chi connectivity index (χ4n) is 2.87. The van der Waals surface area contributed by atoms with E-state index in [0.29, 0.717) is 26.2 Å². The van der Waals surface area contributed by atoms with E-state index in [4.69, 9.17) is 5.73 Å². The Kier molecular flexibility index (Phi) is 4.41. The molecular weight excluding hydrogens is 238 g/mol. The van der Waals surface area contributed by atoms with E-state index in [2.05, 4.69) is 0 Å². The van der Waals surface area contributed by atoms with Gasteiger partial charge in [0, 0.05) is 32.2 Å². The third-order valence-corrected chi connectivity index (χ3v) is 5.86. The van der Waals surface area contributed by atoms with Gasteiger partial charge in [-0.3, -0.25) is 0 Å². The number of nitrogens with two attached hydrogens (primary N) is 1. The van der Waals surface area contributed by atoms with E-state index in [0.717, 1.165) is 38.5 Å². The molecule has 0 aromatic carbocycles. The lowest BCUT2D eigenvalue weighted by Gasteiger charge is -2.31.